The Bertz CT molecular complexity index is 1220. The fourth-order valence-electron chi connectivity index (χ4n) is 3.11. The summed E-state index contributed by atoms with van der Waals surface area (Å²) >= 11 is 0. The van der Waals surface area contributed by atoms with E-state index in [1.54, 1.807) is 19.1 Å². The van der Waals surface area contributed by atoms with Crippen molar-refractivity contribution < 1.29 is 23.1 Å². The number of aliphatic hydroxyl groups excluding tert-OH is 1. The van der Waals surface area contributed by atoms with E-state index >= 15 is 0 Å². The molecule has 0 saturated carbocycles. The second-order valence-electron chi connectivity index (χ2n) is 7.26. The number of carbonyl (C=O) groups excluding carboxylic acids is 1. The summed E-state index contributed by atoms with van der Waals surface area (Å²) in [7, 11) is -2.63. The molecular formula is C20H20N4O5S. The van der Waals surface area contributed by atoms with Crippen LogP contribution in [-0.2, 0) is 17.1 Å². The highest BCUT2D eigenvalue weighted by Gasteiger charge is 2.43. The molecule has 0 bridgehead atoms. The second-order valence-corrected chi connectivity index (χ2v) is 8.91. The molecule has 0 saturated heterocycles. The first kappa shape index (κ1) is 21.4. The van der Waals surface area contributed by atoms with E-state index in [9.17, 15) is 23.6 Å². The number of anilines is 1. The van der Waals surface area contributed by atoms with Crippen LogP contribution in [0.4, 0.5) is 5.69 Å². The van der Waals surface area contributed by atoms with Crippen molar-refractivity contribution >= 4 is 21.6 Å². The van der Waals surface area contributed by atoms with Gasteiger partial charge in [-0.25, -0.2) is 8.42 Å². The standard InChI is InChI=1S/C20H20N4O5S/c1-5-16(25)20(3)11-29-18-15(30(27,28)23-20)10-24(4)17(18)19(26)22-14-7-6-12(2)13(8-14)9-21/h1,6-8,10,16,23,25H,11H2,2-4H3,(H,22,26)/t16-,20-/m1/s1. The van der Waals surface area contributed by atoms with E-state index in [2.05, 4.69) is 16.0 Å². The van der Waals surface area contributed by atoms with Crippen molar-refractivity contribution in [2.75, 3.05) is 11.9 Å². The van der Waals surface area contributed by atoms with E-state index in [0.29, 0.717) is 11.3 Å². The van der Waals surface area contributed by atoms with Gasteiger partial charge < -0.3 is 19.7 Å². The van der Waals surface area contributed by atoms with Gasteiger partial charge in [-0.1, -0.05) is 12.0 Å². The molecule has 3 rings (SSSR count). The van der Waals surface area contributed by atoms with Crippen LogP contribution in [0.5, 0.6) is 5.75 Å². The van der Waals surface area contributed by atoms with E-state index in [1.165, 1.54) is 30.8 Å². The molecule has 9 nitrogen and oxygen atoms in total. The topological polar surface area (TPSA) is 133 Å². The first-order chi connectivity index (χ1) is 14.0. The van der Waals surface area contributed by atoms with Crippen LogP contribution in [-0.4, -0.2) is 42.2 Å². The predicted octanol–water partition coefficient (Wildman–Crippen LogP) is 0.881. The fourth-order valence-corrected chi connectivity index (χ4v) is 4.70. The number of terminal acetylenes is 1. The molecule has 2 aromatic rings. The summed E-state index contributed by atoms with van der Waals surface area (Å²) in [5, 5.41) is 21.9. The third-order valence-corrected chi connectivity index (χ3v) is 6.47. The van der Waals surface area contributed by atoms with Crippen LogP contribution in [0.25, 0.3) is 0 Å². The van der Waals surface area contributed by atoms with Crippen molar-refractivity contribution in [2.24, 2.45) is 7.05 Å². The molecule has 0 aliphatic carbocycles. The van der Waals surface area contributed by atoms with Crippen LogP contribution in [0.3, 0.4) is 0 Å². The first-order valence-corrected chi connectivity index (χ1v) is 10.3. The molecule has 1 amide bonds. The quantitative estimate of drug-likeness (QED) is 0.622. The zero-order valence-electron chi connectivity index (χ0n) is 16.6. The van der Waals surface area contributed by atoms with Crippen molar-refractivity contribution in [1.29, 1.82) is 5.26 Å². The Morgan fingerprint density at radius 1 is 1.50 bits per heavy atom. The molecule has 1 aromatic heterocycles. The maximum absolute atomic E-state index is 12.9. The number of carbonyl (C=O) groups is 1. The number of benzene rings is 1. The molecule has 156 valence electrons. The summed E-state index contributed by atoms with van der Waals surface area (Å²) in [6.07, 6.45) is 5.05. The first-order valence-electron chi connectivity index (χ1n) is 8.85. The van der Waals surface area contributed by atoms with Crippen LogP contribution in [0, 0.1) is 30.6 Å². The van der Waals surface area contributed by atoms with Gasteiger partial charge in [-0.3, -0.25) is 4.79 Å². The van der Waals surface area contributed by atoms with Crippen molar-refractivity contribution in [2.45, 2.75) is 30.4 Å². The Hall–Kier alpha value is -3.31. The molecule has 1 aromatic carbocycles. The maximum Gasteiger partial charge on any atom is 0.276 e. The number of sulfonamides is 1. The Morgan fingerprint density at radius 3 is 2.83 bits per heavy atom. The van der Waals surface area contributed by atoms with E-state index in [1.807, 2.05) is 6.07 Å². The highest BCUT2D eigenvalue weighted by atomic mass is 32.2. The van der Waals surface area contributed by atoms with Crippen LogP contribution in [0.15, 0.2) is 29.3 Å². The van der Waals surface area contributed by atoms with E-state index in [0.717, 1.165) is 5.56 Å². The number of hydrogen-bond acceptors (Lipinski definition) is 6. The minimum Gasteiger partial charge on any atom is -0.488 e. The molecule has 30 heavy (non-hydrogen) atoms. The van der Waals surface area contributed by atoms with Gasteiger partial charge in [-0.2, -0.15) is 9.98 Å². The molecule has 2 heterocycles. The lowest BCUT2D eigenvalue weighted by molar-refractivity contribution is 0.0898. The zero-order valence-corrected chi connectivity index (χ0v) is 17.4. The molecule has 3 N–H and O–H groups in total. The SMILES string of the molecule is C#C[C@@H](O)[C@@]1(C)COc2c(cn(C)c2C(=O)Nc2ccc(C)c(C#N)c2)S(=O)(=O)N1. The summed E-state index contributed by atoms with van der Waals surface area (Å²) in [5.41, 5.74) is 0.0220. The third kappa shape index (κ3) is 3.64. The van der Waals surface area contributed by atoms with E-state index in [-0.39, 0.29) is 22.9 Å². The molecule has 10 heteroatoms. The summed E-state index contributed by atoms with van der Waals surface area (Å²) in [6.45, 7) is 2.89. The van der Waals surface area contributed by atoms with Crippen LogP contribution in [0.1, 0.15) is 28.5 Å². The smallest absolute Gasteiger partial charge is 0.276 e. The molecule has 0 spiro atoms. The number of nitrogens with one attached hydrogen (secondary N) is 2. The number of ether oxygens (including phenoxy) is 1. The van der Waals surface area contributed by atoms with E-state index < -0.39 is 27.6 Å². The molecule has 1 aliphatic heterocycles. The van der Waals surface area contributed by atoms with Gasteiger partial charge in [0.2, 0.25) is 10.0 Å². The third-order valence-electron chi connectivity index (χ3n) is 4.87. The number of nitriles is 1. The summed E-state index contributed by atoms with van der Waals surface area (Å²) in [5.74, 6) is 1.32. The highest BCUT2D eigenvalue weighted by molar-refractivity contribution is 7.89. The van der Waals surface area contributed by atoms with Gasteiger partial charge in [0.25, 0.3) is 5.91 Å². The lowest BCUT2D eigenvalue weighted by Crippen LogP contribution is -2.56. The second kappa shape index (κ2) is 7.50. The largest absolute Gasteiger partial charge is 0.488 e. The van der Waals surface area contributed by atoms with Gasteiger partial charge in [0.1, 0.15) is 23.1 Å². The minimum absolute atomic E-state index is 0.0334. The van der Waals surface area contributed by atoms with E-state index in [4.69, 9.17) is 11.2 Å². The van der Waals surface area contributed by atoms with Gasteiger partial charge in [0.05, 0.1) is 11.6 Å². The molecular weight excluding hydrogens is 408 g/mol. The minimum atomic E-state index is -4.14. The number of rotatable bonds is 3. The van der Waals surface area contributed by atoms with Gasteiger partial charge in [-0.05, 0) is 31.5 Å². The Kier molecular flexibility index (Phi) is 5.35. The number of aryl methyl sites for hydroxylation is 2. The van der Waals surface area contributed by atoms with Crippen molar-refractivity contribution in [3.63, 3.8) is 0 Å². The molecule has 2 atom stereocenters. The van der Waals surface area contributed by atoms with Crippen molar-refractivity contribution in [3.8, 4) is 24.2 Å². The van der Waals surface area contributed by atoms with Crippen LogP contribution in [0.2, 0.25) is 0 Å². The molecule has 0 fully saturated rings. The van der Waals surface area contributed by atoms with Gasteiger partial charge in [-0.15, -0.1) is 6.42 Å². The number of aromatic nitrogens is 1. The summed E-state index contributed by atoms with van der Waals surface area (Å²) in [6, 6.07) is 6.89. The summed E-state index contributed by atoms with van der Waals surface area (Å²) in [4.78, 5) is 12.7. The molecule has 0 radical (unpaired) electrons. The normalized spacial score (nSPS) is 20.6. The Balaban J connectivity index is 2.01. The lowest BCUT2D eigenvalue weighted by atomic mass is 9.98. The number of fused-ring (bicyclic) bond motifs is 1. The Labute approximate surface area is 174 Å². The Morgan fingerprint density at radius 2 is 2.20 bits per heavy atom. The van der Waals surface area contributed by atoms with Crippen LogP contribution >= 0.6 is 0 Å². The molecule has 1 aliphatic rings. The van der Waals surface area contributed by atoms with Crippen LogP contribution < -0.4 is 14.8 Å². The van der Waals surface area contributed by atoms with Gasteiger partial charge >= 0.3 is 0 Å². The van der Waals surface area contributed by atoms with Gasteiger partial charge in [0.15, 0.2) is 11.4 Å². The number of aliphatic hydroxyl groups is 1. The lowest BCUT2D eigenvalue weighted by Gasteiger charge is -2.29. The fraction of sp³-hybridized carbons (Fsp3) is 0.300. The van der Waals surface area contributed by atoms with Gasteiger partial charge in [0, 0.05) is 18.9 Å². The average Bonchev–Trinajstić information content (AvgIpc) is 2.99. The summed E-state index contributed by atoms with van der Waals surface area (Å²) < 4.78 is 35.1. The number of hydrogen-bond donors (Lipinski definition) is 3. The monoisotopic (exact) mass is 428 g/mol. The number of nitrogens with zero attached hydrogens (tertiary/aromatic N) is 2. The highest BCUT2D eigenvalue weighted by Crippen LogP contribution is 2.35. The zero-order chi connectivity index (χ0) is 22.3. The maximum atomic E-state index is 12.9. The van der Waals surface area contributed by atoms with Crippen molar-refractivity contribution in [1.82, 2.24) is 9.29 Å². The molecule has 0 unspecified atom stereocenters. The van der Waals surface area contributed by atoms with Crippen molar-refractivity contribution in [3.05, 3.63) is 41.2 Å². The average molecular weight is 428 g/mol. The predicted molar refractivity (Wildman–Crippen MR) is 108 cm³/mol. The number of amides is 1.